The first-order chi connectivity index (χ1) is 14.8. The van der Waals surface area contributed by atoms with Gasteiger partial charge in [0.1, 0.15) is 23.9 Å². The molecule has 0 spiro atoms. The Morgan fingerprint density at radius 3 is 2.33 bits per heavy atom. The molecule has 4 heteroatoms. The summed E-state index contributed by atoms with van der Waals surface area (Å²) in [5.41, 5.74) is 2.33. The number of fused-ring (bicyclic) bond motifs is 1. The first-order valence-corrected chi connectivity index (χ1v) is 10.2. The Kier molecular flexibility index (Phi) is 8.36. The monoisotopic (exact) mass is 403 g/mol. The molecule has 0 aromatic heterocycles. The van der Waals surface area contributed by atoms with Crippen LogP contribution in [0.5, 0.6) is 11.5 Å². The van der Waals surface area contributed by atoms with Gasteiger partial charge in [-0.1, -0.05) is 60.7 Å². The van der Waals surface area contributed by atoms with Crippen LogP contribution < -0.4 is 14.4 Å². The van der Waals surface area contributed by atoms with Gasteiger partial charge >= 0.3 is 0 Å². The van der Waals surface area contributed by atoms with E-state index in [1.165, 1.54) is 5.69 Å². The van der Waals surface area contributed by atoms with Gasteiger partial charge in [0.15, 0.2) is 0 Å². The van der Waals surface area contributed by atoms with Gasteiger partial charge in [-0.25, -0.2) is 0 Å². The third-order valence-electron chi connectivity index (χ3n) is 4.58. The molecule has 3 aromatic carbocycles. The van der Waals surface area contributed by atoms with E-state index >= 15 is 0 Å². The van der Waals surface area contributed by atoms with Gasteiger partial charge < -0.3 is 19.1 Å². The van der Waals surface area contributed by atoms with Crippen molar-refractivity contribution in [1.29, 1.82) is 0 Å². The zero-order valence-electron chi connectivity index (χ0n) is 17.7. The van der Waals surface area contributed by atoms with E-state index in [1.807, 2.05) is 79.7 Å². The van der Waals surface area contributed by atoms with E-state index in [2.05, 4.69) is 23.1 Å². The molecular weight excluding hydrogens is 374 g/mol. The third-order valence-corrected chi connectivity index (χ3v) is 4.58. The average molecular weight is 404 g/mol. The molecule has 3 aromatic rings. The molecule has 1 aliphatic heterocycles. The molecule has 0 aliphatic carbocycles. The number of hydrogen-bond donors (Lipinski definition) is 0. The van der Waals surface area contributed by atoms with Gasteiger partial charge in [-0.3, -0.25) is 0 Å². The molecule has 0 radical (unpaired) electrons. The third kappa shape index (κ3) is 6.68. The van der Waals surface area contributed by atoms with Crippen molar-refractivity contribution in [1.82, 2.24) is 0 Å². The Labute approximate surface area is 179 Å². The Morgan fingerprint density at radius 1 is 0.933 bits per heavy atom. The standard InChI is InChI=1S/C15H14O.C11H15NO2/c1-13(12-14-8-4-2-5-9-14)16-15-10-6-3-7-11-15;1-13-8-6-12-7-9-14-11-5-3-2-4-10(11)12/h2-12H,1H3;2-5H,6-9H2,1H3/b13-12-;. The predicted molar refractivity (Wildman–Crippen MR) is 123 cm³/mol. The van der Waals surface area contributed by atoms with E-state index in [1.54, 1.807) is 7.11 Å². The van der Waals surface area contributed by atoms with Gasteiger partial charge in [0.2, 0.25) is 0 Å². The fraction of sp³-hybridized carbons (Fsp3) is 0.231. The lowest BCUT2D eigenvalue weighted by Crippen LogP contribution is -2.35. The summed E-state index contributed by atoms with van der Waals surface area (Å²) in [4.78, 5) is 2.29. The first kappa shape index (κ1) is 21.5. The minimum absolute atomic E-state index is 0.758. The quantitative estimate of drug-likeness (QED) is 0.497. The van der Waals surface area contributed by atoms with E-state index in [0.717, 1.165) is 49.1 Å². The van der Waals surface area contributed by atoms with Gasteiger partial charge in [-0.2, -0.15) is 0 Å². The molecule has 1 heterocycles. The molecule has 4 rings (SSSR count). The van der Waals surface area contributed by atoms with Gasteiger partial charge in [-0.15, -0.1) is 0 Å². The zero-order valence-corrected chi connectivity index (χ0v) is 17.7. The maximum atomic E-state index is 5.68. The molecule has 0 atom stereocenters. The first-order valence-electron chi connectivity index (χ1n) is 10.2. The summed E-state index contributed by atoms with van der Waals surface area (Å²) in [6.07, 6.45) is 2.02. The van der Waals surface area contributed by atoms with E-state index in [0.29, 0.717) is 0 Å². The van der Waals surface area contributed by atoms with Crippen LogP contribution in [0.25, 0.3) is 6.08 Å². The van der Waals surface area contributed by atoms with Gasteiger partial charge in [-0.05, 0) is 42.8 Å². The second kappa shape index (κ2) is 11.7. The lowest BCUT2D eigenvalue weighted by atomic mass is 10.2. The molecule has 0 unspecified atom stereocenters. The largest absolute Gasteiger partial charge is 0.490 e. The summed E-state index contributed by atoms with van der Waals surface area (Å²) in [6, 6.07) is 28.1. The number of anilines is 1. The molecule has 0 amide bonds. The van der Waals surface area contributed by atoms with Crippen LogP contribution in [0.3, 0.4) is 0 Å². The molecule has 1 aliphatic rings. The lowest BCUT2D eigenvalue weighted by molar-refractivity contribution is 0.201. The summed E-state index contributed by atoms with van der Waals surface area (Å²) >= 11 is 0. The Hall–Kier alpha value is -3.24. The Balaban J connectivity index is 0.000000172. The van der Waals surface area contributed by atoms with Crippen molar-refractivity contribution in [3.63, 3.8) is 0 Å². The lowest BCUT2D eigenvalue weighted by Gasteiger charge is -2.30. The van der Waals surface area contributed by atoms with E-state index in [-0.39, 0.29) is 0 Å². The topological polar surface area (TPSA) is 30.9 Å². The number of methoxy groups -OCH3 is 1. The van der Waals surface area contributed by atoms with Crippen molar-refractivity contribution < 1.29 is 14.2 Å². The number of para-hydroxylation sites is 3. The number of hydrogen-bond acceptors (Lipinski definition) is 4. The molecular formula is C26H29NO3. The predicted octanol–water partition coefficient (Wildman–Crippen LogP) is 5.66. The fourth-order valence-corrected chi connectivity index (χ4v) is 3.15. The smallest absolute Gasteiger partial charge is 0.142 e. The SMILES string of the molecule is C/C(=C/c1ccccc1)Oc1ccccc1.COCCN1CCOc2ccccc21. The van der Waals surface area contributed by atoms with E-state index < -0.39 is 0 Å². The normalized spacial score (nSPS) is 12.9. The highest BCUT2D eigenvalue weighted by Gasteiger charge is 2.16. The summed E-state index contributed by atoms with van der Waals surface area (Å²) in [5, 5.41) is 0. The Morgan fingerprint density at radius 2 is 1.60 bits per heavy atom. The molecule has 0 saturated heterocycles. The van der Waals surface area contributed by atoms with Crippen LogP contribution in [0, 0.1) is 0 Å². The van der Waals surface area contributed by atoms with Crippen molar-refractivity contribution in [2.45, 2.75) is 6.92 Å². The zero-order chi connectivity index (χ0) is 21.0. The average Bonchev–Trinajstić information content (AvgIpc) is 2.79. The highest BCUT2D eigenvalue weighted by atomic mass is 16.5. The second-order valence-corrected chi connectivity index (χ2v) is 6.88. The maximum absolute atomic E-state index is 5.68. The molecule has 0 N–H and O–H groups in total. The van der Waals surface area contributed by atoms with E-state index in [4.69, 9.17) is 14.2 Å². The van der Waals surface area contributed by atoms with Crippen LogP contribution in [0.4, 0.5) is 5.69 Å². The highest BCUT2D eigenvalue weighted by molar-refractivity contribution is 5.59. The molecule has 0 saturated carbocycles. The van der Waals surface area contributed by atoms with Crippen LogP contribution >= 0.6 is 0 Å². The number of allylic oxidation sites excluding steroid dienone is 1. The van der Waals surface area contributed by atoms with Crippen molar-refractivity contribution in [3.8, 4) is 11.5 Å². The molecule has 4 nitrogen and oxygen atoms in total. The van der Waals surface area contributed by atoms with E-state index in [9.17, 15) is 0 Å². The molecule has 30 heavy (non-hydrogen) atoms. The van der Waals surface area contributed by atoms with Gasteiger partial charge in [0, 0.05) is 13.7 Å². The van der Waals surface area contributed by atoms with Crippen LogP contribution in [0.1, 0.15) is 12.5 Å². The number of benzene rings is 3. The van der Waals surface area contributed by atoms with Gasteiger partial charge in [0.25, 0.3) is 0 Å². The second-order valence-electron chi connectivity index (χ2n) is 6.88. The fourth-order valence-electron chi connectivity index (χ4n) is 3.15. The minimum atomic E-state index is 0.758. The summed E-state index contributed by atoms with van der Waals surface area (Å²) in [7, 11) is 1.73. The maximum Gasteiger partial charge on any atom is 0.142 e. The molecule has 0 bridgehead atoms. The van der Waals surface area contributed by atoms with Crippen LogP contribution in [0.15, 0.2) is 90.7 Å². The Bertz CT molecular complexity index is 910. The van der Waals surface area contributed by atoms with Crippen molar-refractivity contribution in [3.05, 3.63) is 96.3 Å². The van der Waals surface area contributed by atoms with Crippen molar-refractivity contribution in [2.24, 2.45) is 0 Å². The van der Waals surface area contributed by atoms with Gasteiger partial charge in [0.05, 0.1) is 18.8 Å². The number of rotatable bonds is 6. The number of nitrogens with zero attached hydrogens (tertiary/aromatic N) is 1. The summed E-state index contributed by atoms with van der Waals surface area (Å²) in [5.74, 6) is 2.74. The van der Waals surface area contributed by atoms with Crippen LogP contribution in [-0.4, -0.2) is 33.4 Å². The van der Waals surface area contributed by atoms with Crippen LogP contribution in [0.2, 0.25) is 0 Å². The summed E-state index contributed by atoms with van der Waals surface area (Å²) in [6.45, 7) is 5.35. The van der Waals surface area contributed by atoms with Crippen LogP contribution in [-0.2, 0) is 4.74 Å². The summed E-state index contributed by atoms with van der Waals surface area (Å²) < 4.78 is 16.3. The molecule has 156 valence electrons. The highest BCUT2D eigenvalue weighted by Crippen LogP contribution is 2.30. The van der Waals surface area contributed by atoms with Crippen molar-refractivity contribution >= 4 is 11.8 Å². The molecule has 0 fully saturated rings. The van der Waals surface area contributed by atoms with Crippen molar-refractivity contribution in [2.75, 3.05) is 38.3 Å². The number of ether oxygens (including phenoxy) is 3. The minimum Gasteiger partial charge on any atom is -0.490 e.